The average molecular weight is 222 g/mol. The summed E-state index contributed by atoms with van der Waals surface area (Å²) in [6, 6.07) is -0.820. The minimum absolute atomic E-state index is 0.102. The molecule has 1 heterocycles. The fourth-order valence-corrected chi connectivity index (χ4v) is 2.00. The van der Waals surface area contributed by atoms with Gasteiger partial charge in [0, 0.05) is 5.69 Å². The molecule has 16 heavy (non-hydrogen) atoms. The molecule has 1 aliphatic carbocycles. The number of nitrogens with two attached hydrogens (primary N) is 1. The summed E-state index contributed by atoms with van der Waals surface area (Å²) in [4.78, 5) is 26.1. The molecule has 0 bridgehead atoms. The monoisotopic (exact) mass is 222 g/mol. The van der Waals surface area contributed by atoms with E-state index in [4.69, 9.17) is 5.73 Å². The van der Waals surface area contributed by atoms with E-state index in [1.807, 2.05) is 5.32 Å². The maximum Gasteiger partial charge on any atom is 0.318 e. The van der Waals surface area contributed by atoms with E-state index in [-0.39, 0.29) is 6.54 Å². The number of imidazole rings is 1. The lowest BCUT2D eigenvalue weighted by molar-refractivity contribution is -0.120. The molecular formula is C10H14N4O2. The number of rotatable bonds is 2. The first-order valence-electron chi connectivity index (χ1n) is 5.29. The highest BCUT2D eigenvalue weighted by Gasteiger charge is 2.16. The summed E-state index contributed by atoms with van der Waals surface area (Å²) in [6.07, 6.45) is 5.84. The Bertz CT molecular complexity index is 424. The van der Waals surface area contributed by atoms with E-state index in [0.717, 1.165) is 37.1 Å². The number of carbonyl (C=O) groups excluding carboxylic acids is 2. The predicted octanol–water partition coefficient (Wildman–Crippen LogP) is -0.0432. The zero-order valence-corrected chi connectivity index (χ0v) is 8.90. The maximum absolute atomic E-state index is 11.3. The molecule has 0 fully saturated rings. The molecule has 3 amide bonds. The van der Waals surface area contributed by atoms with Gasteiger partial charge in [-0.3, -0.25) is 10.1 Å². The van der Waals surface area contributed by atoms with Crippen LogP contribution in [0.4, 0.5) is 4.79 Å². The number of aryl methyl sites for hydroxylation is 1. The number of hydrogen-bond acceptors (Lipinski definition) is 3. The highest BCUT2D eigenvalue weighted by molar-refractivity contribution is 5.93. The number of amides is 3. The summed E-state index contributed by atoms with van der Waals surface area (Å²) in [5.74, 6) is -0.404. The Balaban J connectivity index is 2.07. The molecule has 6 nitrogen and oxygen atoms in total. The Morgan fingerprint density at radius 3 is 2.94 bits per heavy atom. The molecule has 1 aliphatic rings. The van der Waals surface area contributed by atoms with E-state index in [2.05, 4.69) is 4.98 Å². The highest BCUT2D eigenvalue weighted by atomic mass is 16.2. The second-order valence-electron chi connectivity index (χ2n) is 3.89. The third kappa shape index (κ3) is 2.21. The van der Waals surface area contributed by atoms with Crippen LogP contribution < -0.4 is 11.1 Å². The molecule has 0 unspecified atom stereocenters. The van der Waals surface area contributed by atoms with Gasteiger partial charge < -0.3 is 10.3 Å². The Morgan fingerprint density at radius 1 is 1.44 bits per heavy atom. The smallest absolute Gasteiger partial charge is 0.318 e. The topological polar surface area (TPSA) is 90.0 Å². The molecule has 0 aromatic carbocycles. The molecule has 86 valence electrons. The lowest BCUT2D eigenvalue weighted by Crippen LogP contribution is -2.37. The summed E-state index contributed by atoms with van der Waals surface area (Å²) in [6.45, 7) is 0.102. The number of primary amides is 1. The molecule has 0 aliphatic heterocycles. The van der Waals surface area contributed by atoms with Gasteiger partial charge in [-0.15, -0.1) is 0 Å². The van der Waals surface area contributed by atoms with Crippen molar-refractivity contribution in [1.29, 1.82) is 0 Å². The van der Waals surface area contributed by atoms with Crippen LogP contribution in [0, 0.1) is 0 Å². The molecule has 0 spiro atoms. The summed E-state index contributed by atoms with van der Waals surface area (Å²) < 4.78 is 1.78. The highest BCUT2D eigenvalue weighted by Crippen LogP contribution is 2.19. The van der Waals surface area contributed by atoms with E-state index in [0.29, 0.717) is 0 Å². The number of carbonyl (C=O) groups is 2. The van der Waals surface area contributed by atoms with Crippen LogP contribution in [0.1, 0.15) is 24.2 Å². The SMILES string of the molecule is NC(=O)NC(=O)Cn1cnc2c1CCCC2. The fraction of sp³-hybridized carbons (Fsp3) is 0.500. The van der Waals surface area contributed by atoms with E-state index >= 15 is 0 Å². The molecule has 2 rings (SSSR count). The van der Waals surface area contributed by atoms with Gasteiger partial charge in [0.15, 0.2) is 0 Å². The van der Waals surface area contributed by atoms with Crippen LogP contribution in [0.15, 0.2) is 6.33 Å². The Kier molecular flexibility index (Phi) is 2.89. The number of aromatic nitrogens is 2. The molecule has 0 saturated carbocycles. The first-order valence-corrected chi connectivity index (χ1v) is 5.29. The fourth-order valence-electron chi connectivity index (χ4n) is 2.00. The van der Waals surface area contributed by atoms with Gasteiger partial charge in [0.25, 0.3) is 0 Å². The summed E-state index contributed by atoms with van der Waals surface area (Å²) in [5.41, 5.74) is 7.03. The van der Waals surface area contributed by atoms with Crippen LogP contribution in [0.3, 0.4) is 0 Å². The van der Waals surface area contributed by atoms with Gasteiger partial charge >= 0.3 is 6.03 Å². The van der Waals surface area contributed by atoms with Crippen LogP contribution in [0.25, 0.3) is 0 Å². The Hall–Kier alpha value is -1.85. The van der Waals surface area contributed by atoms with Gasteiger partial charge in [0.1, 0.15) is 6.54 Å². The molecule has 6 heteroatoms. The van der Waals surface area contributed by atoms with Gasteiger partial charge in [-0.05, 0) is 25.7 Å². The predicted molar refractivity (Wildman–Crippen MR) is 56.6 cm³/mol. The van der Waals surface area contributed by atoms with Crippen molar-refractivity contribution < 1.29 is 9.59 Å². The number of nitrogens with zero attached hydrogens (tertiary/aromatic N) is 2. The lowest BCUT2D eigenvalue weighted by atomic mass is 10.0. The van der Waals surface area contributed by atoms with Crippen molar-refractivity contribution in [1.82, 2.24) is 14.9 Å². The van der Waals surface area contributed by atoms with Crippen molar-refractivity contribution >= 4 is 11.9 Å². The largest absolute Gasteiger partial charge is 0.351 e. The van der Waals surface area contributed by atoms with Gasteiger partial charge in [-0.25, -0.2) is 9.78 Å². The van der Waals surface area contributed by atoms with Crippen molar-refractivity contribution in [3.05, 3.63) is 17.7 Å². The summed E-state index contributed by atoms with van der Waals surface area (Å²) >= 11 is 0. The van der Waals surface area contributed by atoms with E-state index in [9.17, 15) is 9.59 Å². The van der Waals surface area contributed by atoms with Crippen molar-refractivity contribution in [2.24, 2.45) is 5.73 Å². The number of imide groups is 1. The molecule has 1 aromatic heterocycles. The van der Waals surface area contributed by atoms with Crippen molar-refractivity contribution in [2.45, 2.75) is 32.2 Å². The normalized spacial score (nSPS) is 14.2. The number of nitrogens with one attached hydrogen (secondary N) is 1. The van der Waals surface area contributed by atoms with E-state index in [1.54, 1.807) is 10.9 Å². The van der Waals surface area contributed by atoms with Crippen molar-refractivity contribution in [3.63, 3.8) is 0 Å². The average Bonchev–Trinajstić information content (AvgIpc) is 2.61. The molecule has 0 atom stereocenters. The maximum atomic E-state index is 11.3. The van der Waals surface area contributed by atoms with Crippen LogP contribution in [0.2, 0.25) is 0 Å². The number of fused-ring (bicyclic) bond motifs is 1. The molecular weight excluding hydrogens is 208 g/mol. The minimum atomic E-state index is -0.820. The first kappa shape index (κ1) is 10.7. The zero-order valence-electron chi connectivity index (χ0n) is 8.90. The Labute approximate surface area is 92.8 Å². The summed E-state index contributed by atoms with van der Waals surface area (Å²) in [5, 5.41) is 2.04. The quantitative estimate of drug-likeness (QED) is 0.735. The molecule has 1 aromatic rings. The number of hydrogen-bond donors (Lipinski definition) is 2. The molecule has 0 radical (unpaired) electrons. The minimum Gasteiger partial charge on any atom is -0.351 e. The van der Waals surface area contributed by atoms with Crippen LogP contribution in [-0.2, 0) is 24.2 Å². The van der Waals surface area contributed by atoms with Gasteiger partial charge in [-0.1, -0.05) is 0 Å². The van der Waals surface area contributed by atoms with Crippen molar-refractivity contribution in [3.8, 4) is 0 Å². The molecule has 3 N–H and O–H groups in total. The van der Waals surface area contributed by atoms with E-state index < -0.39 is 11.9 Å². The van der Waals surface area contributed by atoms with Gasteiger partial charge in [-0.2, -0.15) is 0 Å². The van der Waals surface area contributed by atoms with Crippen LogP contribution >= 0.6 is 0 Å². The third-order valence-corrected chi connectivity index (χ3v) is 2.69. The zero-order chi connectivity index (χ0) is 11.5. The van der Waals surface area contributed by atoms with Gasteiger partial charge in [0.05, 0.1) is 12.0 Å². The first-order chi connectivity index (χ1) is 7.66. The second kappa shape index (κ2) is 4.34. The second-order valence-corrected chi connectivity index (χ2v) is 3.89. The standard InChI is InChI=1S/C10H14N4O2/c11-10(16)13-9(15)5-14-6-12-7-3-1-2-4-8(7)14/h6H,1-5H2,(H3,11,13,15,16). The summed E-state index contributed by atoms with van der Waals surface area (Å²) in [7, 11) is 0. The van der Waals surface area contributed by atoms with E-state index in [1.165, 1.54) is 0 Å². The van der Waals surface area contributed by atoms with Crippen molar-refractivity contribution in [2.75, 3.05) is 0 Å². The lowest BCUT2D eigenvalue weighted by Gasteiger charge is -2.13. The van der Waals surface area contributed by atoms with Crippen LogP contribution in [0.5, 0.6) is 0 Å². The third-order valence-electron chi connectivity index (χ3n) is 2.69. The Morgan fingerprint density at radius 2 is 2.19 bits per heavy atom. The number of urea groups is 1. The van der Waals surface area contributed by atoms with Crippen LogP contribution in [-0.4, -0.2) is 21.5 Å². The van der Waals surface area contributed by atoms with Gasteiger partial charge in [0.2, 0.25) is 5.91 Å². The molecule has 0 saturated heterocycles.